The van der Waals surface area contributed by atoms with Crippen molar-refractivity contribution >= 4 is 16.8 Å². The molecule has 0 aliphatic carbocycles. The van der Waals surface area contributed by atoms with Crippen LogP contribution in [0.1, 0.15) is 10.5 Å². The number of benzene rings is 1. The second-order valence-corrected chi connectivity index (χ2v) is 6.82. The molecule has 1 aliphatic rings. The average Bonchev–Trinajstić information content (AvgIpc) is 3.06. The molecule has 3 heterocycles. The SMILES string of the molecule is Cn1c(C(=O)N2CCN(CCOc3cccnc3)CC2)cc2ccccc21. The van der Waals surface area contributed by atoms with Crippen LogP contribution >= 0.6 is 0 Å². The number of hydrogen-bond acceptors (Lipinski definition) is 4. The number of fused-ring (bicyclic) bond motifs is 1. The van der Waals surface area contributed by atoms with Crippen LogP contribution < -0.4 is 4.74 Å². The normalized spacial score (nSPS) is 15.2. The summed E-state index contributed by atoms with van der Waals surface area (Å²) in [5, 5.41) is 1.11. The van der Waals surface area contributed by atoms with E-state index < -0.39 is 0 Å². The van der Waals surface area contributed by atoms with Gasteiger partial charge in [0.25, 0.3) is 5.91 Å². The Labute approximate surface area is 159 Å². The number of nitrogens with zero attached hydrogens (tertiary/aromatic N) is 4. The summed E-state index contributed by atoms with van der Waals surface area (Å²) in [6.45, 7) is 4.70. The lowest BCUT2D eigenvalue weighted by Crippen LogP contribution is -2.49. The van der Waals surface area contributed by atoms with Crippen LogP contribution in [-0.4, -0.2) is 64.6 Å². The van der Waals surface area contributed by atoms with Crippen LogP contribution in [0, 0.1) is 0 Å². The molecule has 1 aliphatic heterocycles. The summed E-state index contributed by atoms with van der Waals surface area (Å²) in [6, 6.07) is 13.9. The van der Waals surface area contributed by atoms with E-state index in [9.17, 15) is 4.79 Å². The van der Waals surface area contributed by atoms with Gasteiger partial charge in [0.2, 0.25) is 0 Å². The number of rotatable bonds is 5. The van der Waals surface area contributed by atoms with Crippen LogP contribution in [0.3, 0.4) is 0 Å². The van der Waals surface area contributed by atoms with Crippen molar-refractivity contribution in [2.75, 3.05) is 39.3 Å². The highest BCUT2D eigenvalue weighted by molar-refractivity contribution is 5.98. The fourth-order valence-corrected chi connectivity index (χ4v) is 3.56. The molecule has 27 heavy (non-hydrogen) atoms. The molecule has 1 fully saturated rings. The first-order valence-corrected chi connectivity index (χ1v) is 9.31. The third-order valence-electron chi connectivity index (χ3n) is 5.14. The Hall–Kier alpha value is -2.86. The minimum absolute atomic E-state index is 0.111. The topological polar surface area (TPSA) is 50.6 Å². The molecule has 0 saturated carbocycles. The second kappa shape index (κ2) is 7.80. The van der Waals surface area contributed by atoms with Crippen molar-refractivity contribution in [1.29, 1.82) is 0 Å². The fourth-order valence-electron chi connectivity index (χ4n) is 3.56. The van der Waals surface area contributed by atoms with Gasteiger partial charge in [-0.2, -0.15) is 0 Å². The van der Waals surface area contributed by atoms with E-state index in [1.54, 1.807) is 12.4 Å². The summed E-state index contributed by atoms with van der Waals surface area (Å²) in [6.07, 6.45) is 3.46. The highest BCUT2D eigenvalue weighted by Gasteiger charge is 2.24. The number of ether oxygens (including phenoxy) is 1. The van der Waals surface area contributed by atoms with Gasteiger partial charge in [-0.25, -0.2) is 0 Å². The summed E-state index contributed by atoms with van der Waals surface area (Å²) < 4.78 is 7.71. The largest absolute Gasteiger partial charge is 0.491 e. The lowest BCUT2D eigenvalue weighted by atomic mass is 10.2. The number of aromatic nitrogens is 2. The molecule has 0 N–H and O–H groups in total. The number of carbonyl (C=O) groups excluding carboxylic acids is 1. The molecule has 0 radical (unpaired) electrons. The molecule has 6 heteroatoms. The Bertz CT molecular complexity index is 914. The summed E-state index contributed by atoms with van der Waals surface area (Å²) >= 11 is 0. The number of amides is 1. The van der Waals surface area contributed by atoms with Crippen molar-refractivity contribution < 1.29 is 9.53 Å². The molecule has 3 aromatic rings. The van der Waals surface area contributed by atoms with Crippen LogP contribution in [-0.2, 0) is 7.05 Å². The minimum atomic E-state index is 0.111. The summed E-state index contributed by atoms with van der Waals surface area (Å²) in [7, 11) is 1.96. The molecule has 2 aromatic heterocycles. The summed E-state index contributed by atoms with van der Waals surface area (Å²) in [4.78, 5) is 21.3. The molecule has 1 amide bonds. The van der Waals surface area contributed by atoms with E-state index in [2.05, 4.69) is 9.88 Å². The van der Waals surface area contributed by atoms with E-state index in [1.807, 2.05) is 59.0 Å². The molecule has 6 nitrogen and oxygen atoms in total. The lowest BCUT2D eigenvalue weighted by molar-refractivity contribution is 0.0611. The highest BCUT2D eigenvalue weighted by atomic mass is 16.5. The van der Waals surface area contributed by atoms with E-state index >= 15 is 0 Å². The maximum atomic E-state index is 13.0. The molecule has 0 atom stereocenters. The van der Waals surface area contributed by atoms with Gasteiger partial charge >= 0.3 is 0 Å². The first kappa shape index (κ1) is 17.5. The van der Waals surface area contributed by atoms with E-state index in [1.165, 1.54) is 0 Å². The first-order valence-electron chi connectivity index (χ1n) is 9.31. The molecule has 0 unspecified atom stereocenters. The third-order valence-corrected chi connectivity index (χ3v) is 5.14. The minimum Gasteiger partial charge on any atom is -0.491 e. The van der Waals surface area contributed by atoms with Gasteiger partial charge in [0, 0.05) is 56.9 Å². The second-order valence-electron chi connectivity index (χ2n) is 6.82. The lowest BCUT2D eigenvalue weighted by Gasteiger charge is -2.34. The maximum Gasteiger partial charge on any atom is 0.270 e. The third kappa shape index (κ3) is 3.80. The van der Waals surface area contributed by atoms with Crippen LogP contribution in [0.5, 0.6) is 5.75 Å². The predicted octanol–water partition coefficient (Wildman–Crippen LogP) is 2.41. The van der Waals surface area contributed by atoms with Crippen LogP contribution in [0.25, 0.3) is 10.9 Å². The monoisotopic (exact) mass is 364 g/mol. The Kier molecular flexibility index (Phi) is 5.07. The predicted molar refractivity (Wildman–Crippen MR) is 105 cm³/mol. The van der Waals surface area contributed by atoms with Gasteiger partial charge in [0.15, 0.2) is 0 Å². The molecular formula is C21H24N4O2. The Morgan fingerprint density at radius 3 is 2.67 bits per heavy atom. The van der Waals surface area contributed by atoms with Gasteiger partial charge in [-0.15, -0.1) is 0 Å². The quantitative estimate of drug-likeness (QED) is 0.698. The van der Waals surface area contributed by atoms with Crippen molar-refractivity contribution in [2.24, 2.45) is 7.05 Å². The van der Waals surface area contributed by atoms with E-state index in [4.69, 9.17) is 4.74 Å². The van der Waals surface area contributed by atoms with Crippen LogP contribution in [0.2, 0.25) is 0 Å². The van der Waals surface area contributed by atoms with Crippen molar-refractivity contribution in [3.8, 4) is 5.75 Å². The number of pyridine rings is 1. The van der Waals surface area contributed by atoms with Gasteiger partial charge in [0.1, 0.15) is 18.1 Å². The van der Waals surface area contributed by atoms with E-state index in [-0.39, 0.29) is 5.91 Å². The maximum absolute atomic E-state index is 13.0. The van der Waals surface area contributed by atoms with E-state index in [0.29, 0.717) is 6.61 Å². The molecule has 4 rings (SSSR count). The molecule has 0 spiro atoms. The number of piperazine rings is 1. The number of aryl methyl sites for hydroxylation is 1. The Morgan fingerprint density at radius 2 is 1.93 bits per heavy atom. The molecule has 1 aromatic carbocycles. The van der Waals surface area contributed by atoms with Gasteiger partial charge in [-0.05, 0) is 24.3 Å². The number of para-hydroxylation sites is 1. The molecule has 0 bridgehead atoms. The van der Waals surface area contributed by atoms with Crippen molar-refractivity contribution in [2.45, 2.75) is 0 Å². The zero-order valence-electron chi connectivity index (χ0n) is 15.5. The van der Waals surface area contributed by atoms with Gasteiger partial charge in [-0.1, -0.05) is 18.2 Å². The highest BCUT2D eigenvalue weighted by Crippen LogP contribution is 2.20. The van der Waals surface area contributed by atoms with Gasteiger partial charge in [0.05, 0.1) is 6.20 Å². The Balaban J connectivity index is 1.30. The van der Waals surface area contributed by atoms with Crippen molar-refractivity contribution in [1.82, 2.24) is 19.4 Å². The molecule has 140 valence electrons. The zero-order chi connectivity index (χ0) is 18.6. The van der Waals surface area contributed by atoms with Crippen LogP contribution in [0.15, 0.2) is 54.9 Å². The Morgan fingerprint density at radius 1 is 1.11 bits per heavy atom. The summed E-state index contributed by atoms with van der Waals surface area (Å²) in [5.41, 5.74) is 1.84. The fraction of sp³-hybridized carbons (Fsp3) is 0.333. The van der Waals surface area contributed by atoms with Crippen molar-refractivity contribution in [3.05, 3.63) is 60.6 Å². The van der Waals surface area contributed by atoms with E-state index in [0.717, 1.165) is 55.1 Å². The molecule has 1 saturated heterocycles. The van der Waals surface area contributed by atoms with Crippen molar-refractivity contribution in [3.63, 3.8) is 0 Å². The molecular weight excluding hydrogens is 340 g/mol. The van der Waals surface area contributed by atoms with Gasteiger partial charge < -0.3 is 14.2 Å². The van der Waals surface area contributed by atoms with Gasteiger partial charge in [-0.3, -0.25) is 14.7 Å². The smallest absolute Gasteiger partial charge is 0.270 e. The summed E-state index contributed by atoms with van der Waals surface area (Å²) in [5.74, 6) is 0.905. The van der Waals surface area contributed by atoms with Crippen LogP contribution in [0.4, 0.5) is 0 Å². The first-order chi connectivity index (χ1) is 13.2. The average molecular weight is 364 g/mol. The zero-order valence-corrected chi connectivity index (χ0v) is 15.5. The standard InChI is InChI=1S/C21H24N4O2/c1-23-19-7-3-2-5-17(19)15-20(23)21(26)25-11-9-24(10-12-25)13-14-27-18-6-4-8-22-16-18/h2-8,15-16H,9-14H2,1H3. The number of hydrogen-bond donors (Lipinski definition) is 0. The number of carbonyl (C=O) groups is 1.